The van der Waals surface area contributed by atoms with Crippen molar-refractivity contribution in [2.75, 3.05) is 0 Å². The Morgan fingerprint density at radius 1 is 0.739 bits per heavy atom. The second-order valence-electron chi connectivity index (χ2n) is 6.06. The van der Waals surface area contributed by atoms with Crippen molar-refractivity contribution in [1.29, 1.82) is 0 Å². The van der Waals surface area contributed by atoms with Crippen LogP contribution in [0.2, 0.25) is 0 Å². The fourth-order valence-corrected chi connectivity index (χ4v) is 3.47. The van der Waals surface area contributed by atoms with Crippen LogP contribution in [0.25, 0.3) is 11.1 Å². The molecule has 2 nitrogen and oxygen atoms in total. The summed E-state index contributed by atoms with van der Waals surface area (Å²) < 4.78 is 0. The third-order valence-electron chi connectivity index (χ3n) is 4.41. The zero-order valence-corrected chi connectivity index (χ0v) is 13.3. The van der Waals surface area contributed by atoms with Gasteiger partial charge in [-0.25, -0.2) is 0 Å². The lowest BCUT2D eigenvalue weighted by molar-refractivity contribution is -0.128. The smallest absolute Gasteiger partial charge is 0.180 e. The zero-order chi connectivity index (χ0) is 16.8. The van der Waals surface area contributed by atoms with Crippen molar-refractivity contribution < 1.29 is 9.59 Å². The summed E-state index contributed by atoms with van der Waals surface area (Å²) in [6.45, 7) is 10.9. The molecule has 0 saturated heterocycles. The van der Waals surface area contributed by atoms with Crippen LogP contribution in [-0.4, -0.2) is 11.6 Å². The average Bonchev–Trinajstić information content (AvgIpc) is 2.85. The molecule has 0 spiro atoms. The van der Waals surface area contributed by atoms with E-state index in [1.165, 1.54) is 0 Å². The molecule has 2 aromatic rings. The number of hydrogen-bond donors (Lipinski definition) is 0. The van der Waals surface area contributed by atoms with Gasteiger partial charge in [-0.2, -0.15) is 0 Å². The summed E-state index contributed by atoms with van der Waals surface area (Å²) >= 11 is 0. The van der Waals surface area contributed by atoms with Gasteiger partial charge in [-0.3, -0.25) is 9.59 Å². The predicted octanol–water partition coefficient (Wildman–Crippen LogP) is 4.24. The summed E-state index contributed by atoms with van der Waals surface area (Å²) in [7, 11) is 0. The van der Waals surface area contributed by atoms with Gasteiger partial charge in [0.1, 0.15) is 5.41 Å². The molecule has 2 heteroatoms. The van der Waals surface area contributed by atoms with Gasteiger partial charge < -0.3 is 0 Å². The molecule has 2 aromatic carbocycles. The molecule has 0 heterocycles. The van der Waals surface area contributed by atoms with Gasteiger partial charge in [-0.15, -0.1) is 0 Å². The Kier molecular flexibility index (Phi) is 3.41. The van der Waals surface area contributed by atoms with E-state index in [1.807, 2.05) is 48.5 Å². The number of benzene rings is 2. The first kappa shape index (κ1) is 15.2. The van der Waals surface area contributed by atoms with E-state index < -0.39 is 5.41 Å². The summed E-state index contributed by atoms with van der Waals surface area (Å²) in [6.07, 6.45) is 0. The minimum absolute atomic E-state index is 0.261. The van der Waals surface area contributed by atoms with E-state index in [9.17, 15) is 9.59 Å². The molecule has 114 valence electrons. The van der Waals surface area contributed by atoms with E-state index in [0.29, 0.717) is 11.1 Å². The van der Waals surface area contributed by atoms with E-state index in [4.69, 9.17) is 0 Å². The zero-order valence-electron chi connectivity index (χ0n) is 13.3. The molecule has 0 aromatic heterocycles. The van der Waals surface area contributed by atoms with Crippen molar-refractivity contribution in [2.45, 2.75) is 19.3 Å². The lowest BCUT2D eigenvalue weighted by atomic mass is 9.68. The standard InChI is InChI=1S/C21H18O2/c1-13(2)19(22)21(20(23)14(3)4)17-11-7-5-9-15(17)16-10-6-8-12-18(16)21/h5-12H,1,3H2,2,4H3. The van der Waals surface area contributed by atoms with Crippen LogP contribution >= 0.6 is 0 Å². The summed E-state index contributed by atoms with van der Waals surface area (Å²) in [5.74, 6) is -0.522. The number of carbonyl (C=O) groups is 2. The molecule has 23 heavy (non-hydrogen) atoms. The van der Waals surface area contributed by atoms with Crippen molar-refractivity contribution in [3.05, 3.63) is 84.0 Å². The molecule has 0 atom stereocenters. The highest BCUT2D eigenvalue weighted by Gasteiger charge is 2.54. The summed E-state index contributed by atoms with van der Waals surface area (Å²) in [5.41, 5.74) is 2.67. The topological polar surface area (TPSA) is 34.1 Å². The molecule has 0 aliphatic heterocycles. The minimum Gasteiger partial charge on any atom is -0.293 e. The van der Waals surface area contributed by atoms with E-state index >= 15 is 0 Å². The summed E-state index contributed by atoms with van der Waals surface area (Å²) in [6, 6.07) is 15.2. The van der Waals surface area contributed by atoms with Crippen molar-refractivity contribution >= 4 is 11.6 Å². The van der Waals surface area contributed by atoms with Crippen LogP contribution in [0.5, 0.6) is 0 Å². The molecule has 0 amide bonds. The van der Waals surface area contributed by atoms with E-state index in [1.54, 1.807) is 13.8 Å². The van der Waals surface area contributed by atoms with Crippen LogP contribution in [0, 0.1) is 0 Å². The molecular weight excluding hydrogens is 284 g/mol. The Morgan fingerprint density at radius 3 is 1.43 bits per heavy atom. The molecular formula is C21H18O2. The molecule has 3 rings (SSSR count). The molecule has 1 aliphatic rings. The second-order valence-corrected chi connectivity index (χ2v) is 6.06. The van der Waals surface area contributed by atoms with E-state index in [2.05, 4.69) is 13.2 Å². The lowest BCUT2D eigenvalue weighted by Crippen LogP contribution is -2.44. The molecule has 0 N–H and O–H groups in total. The number of hydrogen-bond acceptors (Lipinski definition) is 2. The number of rotatable bonds is 4. The molecule has 0 fully saturated rings. The van der Waals surface area contributed by atoms with Gasteiger partial charge in [0.25, 0.3) is 0 Å². The SMILES string of the molecule is C=C(C)C(=O)C1(C(=O)C(=C)C)c2ccccc2-c2ccccc21. The highest BCUT2D eigenvalue weighted by atomic mass is 16.2. The number of Topliss-reactive ketones (excluding diaryl/α,β-unsaturated/α-hetero) is 2. The highest BCUT2D eigenvalue weighted by Crippen LogP contribution is 2.51. The van der Waals surface area contributed by atoms with Gasteiger partial charge in [-0.1, -0.05) is 61.7 Å². The first-order valence-corrected chi connectivity index (χ1v) is 7.52. The molecule has 0 unspecified atom stereocenters. The quantitative estimate of drug-likeness (QED) is 0.625. The monoisotopic (exact) mass is 302 g/mol. The number of carbonyl (C=O) groups excluding carboxylic acids is 2. The fraction of sp³-hybridized carbons (Fsp3) is 0.143. The maximum Gasteiger partial charge on any atom is 0.180 e. The van der Waals surface area contributed by atoms with Gasteiger partial charge in [-0.05, 0) is 47.2 Å². The number of fused-ring (bicyclic) bond motifs is 3. The lowest BCUT2D eigenvalue weighted by Gasteiger charge is -2.29. The van der Waals surface area contributed by atoms with E-state index in [-0.39, 0.29) is 11.6 Å². The van der Waals surface area contributed by atoms with Crippen molar-refractivity contribution in [1.82, 2.24) is 0 Å². The highest BCUT2D eigenvalue weighted by molar-refractivity contribution is 6.28. The van der Waals surface area contributed by atoms with Crippen molar-refractivity contribution in [2.24, 2.45) is 0 Å². The Balaban J connectivity index is 2.49. The Morgan fingerprint density at radius 2 is 1.09 bits per heavy atom. The normalized spacial score (nSPS) is 13.8. The Labute approximate surface area is 136 Å². The molecule has 1 aliphatic carbocycles. The van der Waals surface area contributed by atoms with Gasteiger partial charge in [0.15, 0.2) is 11.6 Å². The molecule has 0 bridgehead atoms. The first-order valence-electron chi connectivity index (χ1n) is 7.52. The Hall–Kier alpha value is -2.74. The van der Waals surface area contributed by atoms with Crippen molar-refractivity contribution in [3.8, 4) is 11.1 Å². The van der Waals surface area contributed by atoms with Crippen LogP contribution in [0.1, 0.15) is 25.0 Å². The maximum absolute atomic E-state index is 13.2. The predicted molar refractivity (Wildman–Crippen MR) is 92.3 cm³/mol. The minimum atomic E-state index is -1.36. The molecule has 0 radical (unpaired) electrons. The summed E-state index contributed by atoms with van der Waals surface area (Å²) in [4.78, 5) is 26.4. The van der Waals surface area contributed by atoms with Crippen molar-refractivity contribution in [3.63, 3.8) is 0 Å². The number of allylic oxidation sites excluding steroid dienone is 2. The molecule has 0 saturated carbocycles. The number of ketones is 2. The van der Waals surface area contributed by atoms with Crippen LogP contribution < -0.4 is 0 Å². The van der Waals surface area contributed by atoms with Gasteiger partial charge >= 0.3 is 0 Å². The van der Waals surface area contributed by atoms with E-state index in [0.717, 1.165) is 22.3 Å². The van der Waals surface area contributed by atoms with Gasteiger partial charge in [0, 0.05) is 0 Å². The largest absolute Gasteiger partial charge is 0.293 e. The summed E-state index contributed by atoms with van der Waals surface area (Å²) in [5, 5.41) is 0. The fourth-order valence-electron chi connectivity index (χ4n) is 3.47. The van der Waals surface area contributed by atoms with Gasteiger partial charge in [0.05, 0.1) is 0 Å². The second kappa shape index (κ2) is 5.17. The Bertz CT molecular complexity index is 797. The van der Waals surface area contributed by atoms with Crippen LogP contribution in [-0.2, 0) is 15.0 Å². The first-order chi connectivity index (χ1) is 10.9. The van der Waals surface area contributed by atoms with Crippen LogP contribution in [0.15, 0.2) is 72.8 Å². The van der Waals surface area contributed by atoms with Crippen LogP contribution in [0.4, 0.5) is 0 Å². The maximum atomic E-state index is 13.2. The average molecular weight is 302 g/mol. The third kappa shape index (κ3) is 1.88. The van der Waals surface area contributed by atoms with Gasteiger partial charge in [0.2, 0.25) is 0 Å². The third-order valence-corrected chi connectivity index (χ3v) is 4.41. The van der Waals surface area contributed by atoms with Crippen LogP contribution in [0.3, 0.4) is 0 Å².